The van der Waals surface area contributed by atoms with Gasteiger partial charge in [0.2, 0.25) is 0 Å². The van der Waals surface area contributed by atoms with Gasteiger partial charge in [-0.15, -0.1) is 10.2 Å². The number of hydrogen-bond acceptors (Lipinski definition) is 5. The number of nitrogens with two attached hydrogens (primary N) is 2. The van der Waals surface area contributed by atoms with Crippen molar-refractivity contribution in [1.29, 1.82) is 0 Å². The Morgan fingerprint density at radius 2 is 2.00 bits per heavy atom. The highest BCUT2D eigenvalue weighted by Crippen LogP contribution is 2.19. The van der Waals surface area contributed by atoms with Crippen LogP contribution in [0.15, 0.2) is 12.1 Å². The highest BCUT2D eigenvalue weighted by Gasteiger charge is 2.20. The van der Waals surface area contributed by atoms with Gasteiger partial charge in [0.25, 0.3) is 5.91 Å². The number of anilines is 1. The van der Waals surface area contributed by atoms with Crippen LogP contribution in [-0.4, -0.2) is 28.2 Å². The Balaban J connectivity index is 2.01. The Morgan fingerprint density at radius 1 is 1.22 bits per heavy atom. The molecule has 1 aliphatic carbocycles. The van der Waals surface area contributed by atoms with E-state index in [1.807, 2.05) is 0 Å². The van der Waals surface area contributed by atoms with Crippen LogP contribution < -0.4 is 16.8 Å². The monoisotopic (exact) mass is 249 g/mol. The second-order valence-electron chi connectivity index (χ2n) is 4.72. The topological polar surface area (TPSA) is 107 Å². The first-order valence-corrected chi connectivity index (χ1v) is 6.32. The van der Waals surface area contributed by atoms with E-state index >= 15 is 0 Å². The minimum atomic E-state index is -0.569. The number of primary amides is 1. The van der Waals surface area contributed by atoms with Crippen molar-refractivity contribution in [2.24, 2.45) is 11.5 Å². The molecule has 1 aliphatic rings. The molecule has 1 aromatic rings. The van der Waals surface area contributed by atoms with Gasteiger partial charge in [-0.25, -0.2) is 0 Å². The first-order chi connectivity index (χ1) is 8.66. The molecule has 0 radical (unpaired) electrons. The quantitative estimate of drug-likeness (QED) is 0.682. The Kier molecular flexibility index (Phi) is 4.09. The van der Waals surface area contributed by atoms with Crippen molar-refractivity contribution in [3.05, 3.63) is 17.8 Å². The molecular weight excluding hydrogens is 230 g/mol. The van der Waals surface area contributed by atoms with Crippen LogP contribution in [0.1, 0.15) is 42.6 Å². The summed E-state index contributed by atoms with van der Waals surface area (Å²) in [5.74, 6) is 0.0718. The van der Waals surface area contributed by atoms with E-state index in [4.69, 9.17) is 11.5 Å². The summed E-state index contributed by atoms with van der Waals surface area (Å²) in [6.45, 7) is 0. The summed E-state index contributed by atoms with van der Waals surface area (Å²) in [5, 5.41) is 11.0. The maximum absolute atomic E-state index is 10.9. The lowest BCUT2D eigenvalue weighted by Crippen LogP contribution is -2.39. The average molecular weight is 249 g/mol. The van der Waals surface area contributed by atoms with Crippen molar-refractivity contribution in [2.75, 3.05) is 5.32 Å². The van der Waals surface area contributed by atoms with Gasteiger partial charge in [0.1, 0.15) is 5.82 Å². The van der Waals surface area contributed by atoms with Crippen molar-refractivity contribution in [3.63, 3.8) is 0 Å². The second-order valence-corrected chi connectivity index (χ2v) is 4.72. The standard InChI is InChI=1S/C12H19N5O/c13-8-4-2-1-3-5-9(8)15-11-7-6-10(12(14)18)16-17-11/h6-9H,1-5,13H2,(H2,14,18)(H,15,17). The summed E-state index contributed by atoms with van der Waals surface area (Å²) >= 11 is 0. The number of carbonyl (C=O) groups is 1. The largest absolute Gasteiger partial charge is 0.364 e. The van der Waals surface area contributed by atoms with Gasteiger partial charge < -0.3 is 16.8 Å². The number of nitrogens with one attached hydrogen (secondary N) is 1. The van der Waals surface area contributed by atoms with E-state index in [1.54, 1.807) is 12.1 Å². The molecule has 1 heterocycles. The van der Waals surface area contributed by atoms with Gasteiger partial charge >= 0.3 is 0 Å². The zero-order valence-corrected chi connectivity index (χ0v) is 10.3. The molecule has 1 aromatic heterocycles. The SMILES string of the molecule is NC(=O)c1ccc(NC2CCCCCC2N)nn1. The van der Waals surface area contributed by atoms with Gasteiger partial charge in [0, 0.05) is 12.1 Å². The lowest BCUT2D eigenvalue weighted by molar-refractivity contribution is 0.0994. The van der Waals surface area contributed by atoms with Crippen molar-refractivity contribution in [1.82, 2.24) is 10.2 Å². The predicted octanol–water partition coefficient (Wildman–Crippen LogP) is 0.647. The van der Waals surface area contributed by atoms with Crippen molar-refractivity contribution in [2.45, 2.75) is 44.2 Å². The lowest BCUT2D eigenvalue weighted by Gasteiger charge is -2.22. The van der Waals surface area contributed by atoms with Gasteiger partial charge in [-0.05, 0) is 25.0 Å². The fourth-order valence-corrected chi connectivity index (χ4v) is 2.25. The molecule has 6 nitrogen and oxygen atoms in total. The van der Waals surface area contributed by atoms with Gasteiger partial charge in [-0.2, -0.15) is 0 Å². The molecule has 0 spiro atoms. The number of aromatic nitrogens is 2. The van der Waals surface area contributed by atoms with Crippen LogP contribution in [0.4, 0.5) is 5.82 Å². The highest BCUT2D eigenvalue weighted by molar-refractivity contribution is 5.90. The van der Waals surface area contributed by atoms with Crippen LogP contribution in [0.5, 0.6) is 0 Å². The maximum atomic E-state index is 10.9. The van der Waals surface area contributed by atoms with Crippen LogP contribution in [0.2, 0.25) is 0 Å². The van der Waals surface area contributed by atoms with E-state index in [2.05, 4.69) is 15.5 Å². The third-order valence-electron chi connectivity index (χ3n) is 3.32. The minimum Gasteiger partial charge on any atom is -0.364 e. The van der Waals surface area contributed by atoms with Crippen molar-refractivity contribution < 1.29 is 4.79 Å². The molecule has 1 saturated carbocycles. The zero-order chi connectivity index (χ0) is 13.0. The number of carbonyl (C=O) groups excluding carboxylic acids is 1. The number of rotatable bonds is 3. The van der Waals surface area contributed by atoms with Crippen LogP contribution in [0.25, 0.3) is 0 Å². The molecule has 2 unspecified atom stereocenters. The minimum absolute atomic E-state index is 0.144. The van der Waals surface area contributed by atoms with Gasteiger partial charge in [0.05, 0.1) is 0 Å². The molecular formula is C12H19N5O. The molecule has 5 N–H and O–H groups in total. The van der Waals surface area contributed by atoms with Gasteiger partial charge in [-0.1, -0.05) is 19.3 Å². The molecule has 0 saturated heterocycles. The first-order valence-electron chi connectivity index (χ1n) is 6.32. The maximum Gasteiger partial charge on any atom is 0.269 e. The summed E-state index contributed by atoms with van der Waals surface area (Å²) in [4.78, 5) is 10.9. The van der Waals surface area contributed by atoms with Gasteiger partial charge in [0.15, 0.2) is 5.69 Å². The molecule has 1 amide bonds. The first kappa shape index (κ1) is 12.8. The van der Waals surface area contributed by atoms with E-state index < -0.39 is 5.91 Å². The molecule has 0 aromatic carbocycles. The summed E-state index contributed by atoms with van der Waals surface area (Å²) in [7, 11) is 0. The number of nitrogens with zero attached hydrogens (tertiary/aromatic N) is 2. The van der Waals surface area contributed by atoms with Crippen LogP contribution in [0, 0.1) is 0 Å². The summed E-state index contributed by atoms with van der Waals surface area (Å²) in [6, 6.07) is 3.65. The Labute approximate surface area is 106 Å². The normalized spacial score (nSPS) is 24.3. The highest BCUT2D eigenvalue weighted by atomic mass is 16.1. The van der Waals surface area contributed by atoms with Gasteiger partial charge in [-0.3, -0.25) is 4.79 Å². The fraction of sp³-hybridized carbons (Fsp3) is 0.583. The van der Waals surface area contributed by atoms with Crippen molar-refractivity contribution >= 4 is 11.7 Å². The number of hydrogen-bond donors (Lipinski definition) is 3. The van der Waals surface area contributed by atoms with Crippen LogP contribution >= 0.6 is 0 Å². The molecule has 0 bridgehead atoms. The van der Waals surface area contributed by atoms with E-state index in [0.29, 0.717) is 5.82 Å². The van der Waals surface area contributed by atoms with E-state index in [-0.39, 0.29) is 17.8 Å². The summed E-state index contributed by atoms with van der Waals surface area (Å²) in [6.07, 6.45) is 5.67. The molecule has 0 aliphatic heterocycles. The number of amides is 1. The fourth-order valence-electron chi connectivity index (χ4n) is 2.25. The Morgan fingerprint density at radius 3 is 2.67 bits per heavy atom. The average Bonchev–Trinajstić information content (AvgIpc) is 2.56. The summed E-state index contributed by atoms with van der Waals surface area (Å²) < 4.78 is 0. The summed E-state index contributed by atoms with van der Waals surface area (Å²) in [5.41, 5.74) is 11.4. The molecule has 6 heteroatoms. The zero-order valence-electron chi connectivity index (χ0n) is 10.3. The van der Waals surface area contributed by atoms with E-state index in [9.17, 15) is 4.79 Å². The Bertz CT molecular complexity index is 405. The third kappa shape index (κ3) is 3.16. The molecule has 98 valence electrons. The molecule has 18 heavy (non-hydrogen) atoms. The molecule has 1 fully saturated rings. The Hall–Kier alpha value is -1.69. The lowest BCUT2D eigenvalue weighted by atomic mass is 10.0. The third-order valence-corrected chi connectivity index (χ3v) is 3.32. The predicted molar refractivity (Wildman–Crippen MR) is 69.0 cm³/mol. The molecule has 2 atom stereocenters. The van der Waals surface area contributed by atoms with E-state index in [0.717, 1.165) is 12.8 Å². The van der Waals surface area contributed by atoms with Crippen LogP contribution in [-0.2, 0) is 0 Å². The second kappa shape index (κ2) is 5.77. The smallest absolute Gasteiger partial charge is 0.269 e. The molecule has 2 rings (SSSR count). The van der Waals surface area contributed by atoms with Crippen LogP contribution in [0.3, 0.4) is 0 Å². The van der Waals surface area contributed by atoms with Crippen molar-refractivity contribution in [3.8, 4) is 0 Å². The van der Waals surface area contributed by atoms with E-state index in [1.165, 1.54) is 19.3 Å².